The summed E-state index contributed by atoms with van der Waals surface area (Å²) >= 11 is 6.92. The first-order valence-corrected chi connectivity index (χ1v) is 12.5. The molecular formula is C24H48ClN2+. The van der Waals surface area contributed by atoms with Crippen LogP contribution in [-0.2, 0) is 0 Å². The van der Waals surface area contributed by atoms with Gasteiger partial charge in [-0.15, -0.1) is 0 Å². The number of unbranched alkanes of at least 4 members (excludes halogenated alkanes) is 14. The van der Waals surface area contributed by atoms with E-state index < -0.39 is 0 Å². The molecule has 0 aromatic rings. The van der Waals surface area contributed by atoms with Crippen LogP contribution < -0.4 is 0 Å². The summed E-state index contributed by atoms with van der Waals surface area (Å²) in [6, 6.07) is 0. The predicted molar refractivity (Wildman–Crippen MR) is 122 cm³/mol. The molecule has 0 amide bonds. The molecular weight excluding hydrogens is 352 g/mol. The number of quaternary nitrogens is 1. The number of halogens is 1. The molecule has 0 radical (unpaired) electrons. The Morgan fingerprint density at radius 3 is 1.67 bits per heavy atom. The summed E-state index contributed by atoms with van der Waals surface area (Å²) in [5.74, 6) is 0. The molecule has 1 aliphatic rings. The largest absolute Gasteiger partial charge is 0.323 e. The third-order valence-electron chi connectivity index (χ3n) is 6.23. The number of hydrogen-bond acceptors (Lipinski definition) is 1. The van der Waals surface area contributed by atoms with Crippen molar-refractivity contribution in [3.8, 4) is 0 Å². The van der Waals surface area contributed by atoms with Crippen LogP contribution in [0.25, 0.3) is 0 Å². The SMILES string of the molecule is CCCCCCCCCCN1C=C[N+](Cl)(CCCCCCCCCC)C1C. The molecule has 0 aliphatic carbocycles. The lowest BCUT2D eigenvalue weighted by Gasteiger charge is -2.31. The summed E-state index contributed by atoms with van der Waals surface area (Å²) in [6.07, 6.45) is 26.9. The molecule has 3 heteroatoms. The van der Waals surface area contributed by atoms with Gasteiger partial charge in [0.15, 0.2) is 17.9 Å². The van der Waals surface area contributed by atoms with Crippen molar-refractivity contribution in [3.63, 3.8) is 0 Å². The van der Waals surface area contributed by atoms with Crippen molar-refractivity contribution in [2.45, 2.75) is 130 Å². The van der Waals surface area contributed by atoms with E-state index >= 15 is 0 Å². The summed E-state index contributed by atoms with van der Waals surface area (Å²) < 4.78 is 0.590. The highest BCUT2D eigenvalue weighted by Gasteiger charge is 2.38. The summed E-state index contributed by atoms with van der Waals surface area (Å²) in [5.41, 5.74) is 0. The van der Waals surface area contributed by atoms with E-state index in [1.165, 1.54) is 103 Å². The Balaban J connectivity index is 2.06. The van der Waals surface area contributed by atoms with Crippen molar-refractivity contribution in [2.24, 2.45) is 0 Å². The van der Waals surface area contributed by atoms with Crippen LogP contribution >= 0.6 is 11.8 Å². The molecule has 160 valence electrons. The topological polar surface area (TPSA) is 3.24 Å². The lowest BCUT2D eigenvalue weighted by Crippen LogP contribution is -2.45. The van der Waals surface area contributed by atoms with Crippen molar-refractivity contribution in [1.82, 2.24) is 4.90 Å². The van der Waals surface area contributed by atoms with Crippen LogP contribution in [0, 0.1) is 0 Å². The number of nitrogens with zero attached hydrogens (tertiary/aromatic N) is 2. The second-order valence-corrected chi connectivity index (χ2v) is 9.30. The molecule has 1 rings (SSSR count). The van der Waals surface area contributed by atoms with Gasteiger partial charge >= 0.3 is 0 Å². The van der Waals surface area contributed by atoms with E-state index in [1.807, 2.05) is 0 Å². The van der Waals surface area contributed by atoms with Crippen LogP contribution in [0.4, 0.5) is 0 Å². The normalized spacial score (nSPS) is 22.1. The molecule has 0 saturated heterocycles. The highest BCUT2D eigenvalue weighted by molar-refractivity contribution is 6.07. The minimum absolute atomic E-state index is 0.390. The second-order valence-electron chi connectivity index (χ2n) is 8.67. The van der Waals surface area contributed by atoms with Gasteiger partial charge in [0.2, 0.25) is 0 Å². The Kier molecular flexibility index (Phi) is 14.4. The molecule has 1 heterocycles. The van der Waals surface area contributed by atoms with Crippen LogP contribution in [0.15, 0.2) is 12.4 Å². The maximum Gasteiger partial charge on any atom is 0.182 e. The lowest BCUT2D eigenvalue weighted by atomic mass is 10.1. The predicted octanol–water partition coefficient (Wildman–Crippen LogP) is 8.37. The number of hydrogen-bond donors (Lipinski definition) is 0. The average molecular weight is 400 g/mol. The van der Waals surface area contributed by atoms with Gasteiger partial charge in [-0.25, -0.2) is 0 Å². The zero-order valence-corrected chi connectivity index (χ0v) is 19.5. The zero-order chi connectivity index (χ0) is 19.8. The summed E-state index contributed by atoms with van der Waals surface area (Å²) in [5, 5.41) is 0. The Morgan fingerprint density at radius 1 is 0.704 bits per heavy atom. The monoisotopic (exact) mass is 399 g/mol. The molecule has 2 nitrogen and oxygen atoms in total. The first-order valence-electron chi connectivity index (χ1n) is 12.2. The highest BCUT2D eigenvalue weighted by Crippen LogP contribution is 2.30. The van der Waals surface area contributed by atoms with Crippen molar-refractivity contribution in [3.05, 3.63) is 12.4 Å². The summed E-state index contributed by atoms with van der Waals surface area (Å²) in [4.78, 5) is 2.47. The van der Waals surface area contributed by atoms with Gasteiger partial charge in [0.1, 0.15) is 12.7 Å². The third kappa shape index (κ3) is 10.8. The molecule has 0 spiro atoms. The van der Waals surface area contributed by atoms with Gasteiger partial charge in [0, 0.05) is 13.5 Å². The van der Waals surface area contributed by atoms with E-state index in [0.717, 1.165) is 13.1 Å². The van der Waals surface area contributed by atoms with Crippen LogP contribution in [0.3, 0.4) is 0 Å². The fourth-order valence-corrected chi connectivity index (χ4v) is 4.41. The smallest absolute Gasteiger partial charge is 0.182 e. The fraction of sp³-hybridized carbons (Fsp3) is 0.917. The quantitative estimate of drug-likeness (QED) is 0.165. The van der Waals surface area contributed by atoms with Crippen molar-refractivity contribution < 1.29 is 4.00 Å². The summed E-state index contributed by atoms with van der Waals surface area (Å²) in [7, 11) is 0. The van der Waals surface area contributed by atoms with Crippen molar-refractivity contribution in [1.29, 1.82) is 0 Å². The summed E-state index contributed by atoms with van der Waals surface area (Å²) in [6.45, 7) is 9.10. The second kappa shape index (κ2) is 15.7. The molecule has 2 atom stereocenters. The van der Waals surface area contributed by atoms with E-state index in [4.69, 9.17) is 11.8 Å². The van der Waals surface area contributed by atoms with E-state index in [-0.39, 0.29) is 0 Å². The molecule has 27 heavy (non-hydrogen) atoms. The molecule has 0 bridgehead atoms. The average Bonchev–Trinajstić information content (AvgIpc) is 2.95. The maximum absolute atomic E-state index is 6.92. The molecule has 0 aromatic heterocycles. The molecule has 0 N–H and O–H groups in total. The van der Waals surface area contributed by atoms with Gasteiger partial charge in [0.05, 0.1) is 6.20 Å². The Bertz CT molecular complexity index is 371. The third-order valence-corrected chi connectivity index (χ3v) is 6.80. The minimum Gasteiger partial charge on any atom is -0.323 e. The maximum atomic E-state index is 6.92. The van der Waals surface area contributed by atoms with Gasteiger partial charge in [0.25, 0.3) is 0 Å². The minimum atomic E-state index is 0.390. The first-order chi connectivity index (χ1) is 13.1. The first kappa shape index (κ1) is 24.8. The van der Waals surface area contributed by atoms with E-state index in [0.29, 0.717) is 10.2 Å². The van der Waals surface area contributed by atoms with Crippen LogP contribution in [0.5, 0.6) is 0 Å². The fourth-order valence-electron chi connectivity index (χ4n) is 4.13. The Morgan fingerprint density at radius 2 is 1.15 bits per heavy atom. The van der Waals surface area contributed by atoms with Crippen molar-refractivity contribution >= 4 is 11.8 Å². The van der Waals surface area contributed by atoms with E-state index in [1.54, 1.807) is 0 Å². The van der Waals surface area contributed by atoms with Crippen LogP contribution in [-0.4, -0.2) is 28.2 Å². The Hall–Kier alpha value is -0.210. The van der Waals surface area contributed by atoms with Gasteiger partial charge in [-0.1, -0.05) is 97.3 Å². The highest BCUT2D eigenvalue weighted by atomic mass is 35.5. The van der Waals surface area contributed by atoms with E-state index in [9.17, 15) is 0 Å². The molecule has 0 saturated carbocycles. The van der Waals surface area contributed by atoms with E-state index in [2.05, 4.69) is 38.1 Å². The van der Waals surface area contributed by atoms with Gasteiger partial charge in [-0.3, -0.25) is 0 Å². The lowest BCUT2D eigenvalue weighted by molar-refractivity contribution is -0.792. The van der Waals surface area contributed by atoms with Crippen LogP contribution in [0.1, 0.15) is 124 Å². The van der Waals surface area contributed by atoms with Crippen molar-refractivity contribution in [2.75, 3.05) is 13.1 Å². The molecule has 2 unspecified atom stereocenters. The number of rotatable bonds is 18. The van der Waals surface area contributed by atoms with Crippen LogP contribution in [0.2, 0.25) is 0 Å². The zero-order valence-electron chi connectivity index (χ0n) is 18.7. The van der Waals surface area contributed by atoms with Gasteiger partial charge in [-0.05, 0) is 19.3 Å². The molecule has 1 aliphatic heterocycles. The molecule has 0 aromatic carbocycles. The standard InChI is InChI=1S/C24H48ClN2/c1-4-6-8-10-12-14-16-18-20-26-21-23-27(25,24(26)3)22-19-17-15-13-11-9-7-5-2/h21,23-24H,4-20,22H2,1-3H3/q+1. The Labute approximate surface area is 176 Å². The van der Waals surface area contributed by atoms with Gasteiger partial charge in [-0.2, -0.15) is 4.00 Å². The van der Waals surface area contributed by atoms with Gasteiger partial charge < -0.3 is 4.90 Å². The molecule has 0 fully saturated rings.